The highest BCUT2D eigenvalue weighted by Crippen LogP contribution is 2.24. The van der Waals surface area contributed by atoms with Gasteiger partial charge in [0.1, 0.15) is 11.6 Å². The Morgan fingerprint density at radius 3 is 2.71 bits per heavy atom. The van der Waals surface area contributed by atoms with E-state index in [9.17, 15) is 4.79 Å². The molecule has 2 rings (SSSR count). The molecule has 2 aromatic rings. The van der Waals surface area contributed by atoms with E-state index in [1.165, 1.54) is 22.9 Å². The lowest BCUT2D eigenvalue weighted by Crippen LogP contribution is -2.34. The minimum absolute atomic E-state index is 0.355. The van der Waals surface area contributed by atoms with E-state index in [0.29, 0.717) is 11.1 Å². The lowest BCUT2D eigenvalue weighted by atomic mass is 10.1. The third-order valence-electron chi connectivity index (χ3n) is 3.14. The molecule has 130 valence electrons. The van der Waals surface area contributed by atoms with Crippen molar-refractivity contribution in [3.8, 4) is 0 Å². The number of amides is 1. The number of hydrogen-bond donors (Lipinski definition) is 1. The van der Waals surface area contributed by atoms with Crippen LogP contribution in [0.25, 0.3) is 0 Å². The first-order chi connectivity index (χ1) is 11.2. The van der Waals surface area contributed by atoms with Gasteiger partial charge in [-0.25, -0.2) is 4.79 Å². The molecule has 1 aromatic heterocycles. The molecule has 0 aliphatic heterocycles. The van der Waals surface area contributed by atoms with E-state index in [4.69, 9.17) is 9.15 Å². The van der Waals surface area contributed by atoms with Crippen LogP contribution in [0.15, 0.2) is 33.9 Å². The van der Waals surface area contributed by atoms with Crippen molar-refractivity contribution in [3.63, 3.8) is 0 Å². The van der Waals surface area contributed by atoms with Gasteiger partial charge in [0.2, 0.25) is 5.89 Å². The Morgan fingerprint density at radius 1 is 1.33 bits per heavy atom. The van der Waals surface area contributed by atoms with Crippen molar-refractivity contribution in [3.05, 3.63) is 41.3 Å². The average molecular weight is 349 g/mol. The molecule has 7 heteroatoms. The van der Waals surface area contributed by atoms with Gasteiger partial charge in [0.15, 0.2) is 0 Å². The number of rotatable bonds is 5. The summed E-state index contributed by atoms with van der Waals surface area (Å²) in [6.45, 7) is 9.27. The van der Waals surface area contributed by atoms with Crippen molar-refractivity contribution in [1.82, 2.24) is 15.5 Å². The van der Waals surface area contributed by atoms with Crippen molar-refractivity contribution >= 4 is 17.9 Å². The third-order valence-corrected chi connectivity index (χ3v) is 4.01. The lowest BCUT2D eigenvalue weighted by Gasteiger charge is -2.20. The highest BCUT2D eigenvalue weighted by Gasteiger charge is 2.21. The number of alkyl carbamates (subject to hydrolysis) is 1. The average Bonchev–Trinajstić information content (AvgIpc) is 2.93. The van der Waals surface area contributed by atoms with Crippen molar-refractivity contribution in [1.29, 1.82) is 0 Å². The molecule has 0 aliphatic carbocycles. The minimum Gasteiger partial charge on any atom is -0.444 e. The second-order valence-corrected chi connectivity index (χ2v) is 7.42. The Balaban J connectivity index is 1.90. The van der Waals surface area contributed by atoms with Gasteiger partial charge >= 0.3 is 6.09 Å². The summed E-state index contributed by atoms with van der Waals surface area (Å²) in [6, 6.07) is 7.75. The molecule has 1 heterocycles. The topological polar surface area (TPSA) is 77.2 Å². The van der Waals surface area contributed by atoms with Gasteiger partial charge in [0, 0.05) is 5.75 Å². The molecular formula is C17H23N3O3S. The molecule has 6 nitrogen and oxygen atoms in total. The third kappa shape index (κ3) is 5.56. The number of carbonyl (C=O) groups is 1. The summed E-state index contributed by atoms with van der Waals surface area (Å²) in [7, 11) is 0. The van der Waals surface area contributed by atoms with Gasteiger partial charge < -0.3 is 14.5 Å². The Labute approximate surface area is 146 Å². The van der Waals surface area contributed by atoms with Crippen molar-refractivity contribution in [2.75, 3.05) is 0 Å². The van der Waals surface area contributed by atoms with Crippen LogP contribution in [0.5, 0.6) is 0 Å². The Kier molecular flexibility index (Phi) is 5.88. The maximum atomic E-state index is 11.8. The van der Waals surface area contributed by atoms with E-state index in [1.54, 1.807) is 6.92 Å². The van der Waals surface area contributed by atoms with Crippen LogP contribution in [0.1, 0.15) is 50.8 Å². The van der Waals surface area contributed by atoms with E-state index in [0.717, 1.165) is 5.75 Å². The van der Waals surface area contributed by atoms with E-state index >= 15 is 0 Å². The van der Waals surface area contributed by atoms with Crippen LogP contribution < -0.4 is 5.32 Å². The second-order valence-electron chi connectivity index (χ2n) is 6.49. The first-order valence-corrected chi connectivity index (χ1v) is 8.73. The molecule has 0 unspecified atom stereocenters. The molecule has 1 amide bonds. The number of hydrogen-bond acceptors (Lipinski definition) is 6. The molecule has 1 aromatic carbocycles. The van der Waals surface area contributed by atoms with Crippen LogP contribution in [0, 0.1) is 6.92 Å². The zero-order valence-corrected chi connectivity index (χ0v) is 15.4. The summed E-state index contributed by atoms with van der Waals surface area (Å²) >= 11 is 1.47. The molecule has 0 fully saturated rings. The summed E-state index contributed by atoms with van der Waals surface area (Å²) in [5, 5.41) is 11.2. The number of aromatic nitrogens is 2. The smallest absolute Gasteiger partial charge is 0.408 e. The number of nitrogens with one attached hydrogen (secondary N) is 1. The van der Waals surface area contributed by atoms with Gasteiger partial charge in [-0.05, 0) is 45.7 Å². The van der Waals surface area contributed by atoms with Crippen molar-refractivity contribution < 1.29 is 13.9 Å². The fourth-order valence-electron chi connectivity index (χ4n) is 1.91. The quantitative estimate of drug-likeness (QED) is 0.813. The Bertz CT molecular complexity index is 694. The van der Waals surface area contributed by atoms with Gasteiger partial charge in [-0.1, -0.05) is 36.0 Å². The first kappa shape index (κ1) is 18.3. The maximum Gasteiger partial charge on any atom is 0.408 e. The largest absolute Gasteiger partial charge is 0.444 e. The standard InChI is InChI=1S/C17H23N3O3S/c1-11-8-6-7-9-13(11)10-24-16-20-19-14(22-16)12(2)18-15(21)23-17(3,4)5/h6-9,12H,10H2,1-5H3,(H,18,21)/t12-/m0/s1. The van der Waals surface area contributed by atoms with Crippen LogP contribution >= 0.6 is 11.8 Å². The number of carbonyl (C=O) groups excluding carboxylic acids is 1. The predicted octanol–water partition coefficient (Wildman–Crippen LogP) is 4.26. The molecule has 0 spiro atoms. The number of ether oxygens (including phenoxy) is 1. The summed E-state index contributed by atoms with van der Waals surface area (Å²) in [5.41, 5.74) is 1.90. The van der Waals surface area contributed by atoms with E-state index in [2.05, 4.69) is 34.6 Å². The first-order valence-electron chi connectivity index (χ1n) is 7.75. The second kappa shape index (κ2) is 7.70. The van der Waals surface area contributed by atoms with Gasteiger partial charge in [0.05, 0.1) is 0 Å². The molecule has 0 saturated heterocycles. The molecule has 0 radical (unpaired) electrons. The number of thioether (sulfide) groups is 1. The molecule has 0 aliphatic rings. The van der Waals surface area contributed by atoms with Gasteiger partial charge in [-0.3, -0.25) is 0 Å². The van der Waals surface area contributed by atoms with E-state index < -0.39 is 17.7 Å². The number of nitrogens with zero attached hydrogens (tertiary/aromatic N) is 2. The lowest BCUT2D eigenvalue weighted by molar-refractivity contribution is 0.0500. The number of benzene rings is 1. The molecule has 1 atom stereocenters. The van der Waals surface area contributed by atoms with Crippen molar-refractivity contribution in [2.45, 2.75) is 57.2 Å². The van der Waals surface area contributed by atoms with Crippen LogP contribution in [-0.4, -0.2) is 21.9 Å². The molecule has 1 N–H and O–H groups in total. The maximum absolute atomic E-state index is 11.8. The number of aryl methyl sites for hydroxylation is 1. The molecule has 0 bridgehead atoms. The van der Waals surface area contributed by atoms with Crippen LogP contribution in [0.2, 0.25) is 0 Å². The van der Waals surface area contributed by atoms with Crippen LogP contribution in [0.3, 0.4) is 0 Å². The summed E-state index contributed by atoms with van der Waals surface area (Å²) in [5.74, 6) is 1.11. The zero-order valence-electron chi connectivity index (χ0n) is 14.6. The van der Waals surface area contributed by atoms with Gasteiger partial charge in [-0.2, -0.15) is 0 Å². The zero-order chi connectivity index (χ0) is 17.7. The normalized spacial score (nSPS) is 12.7. The van der Waals surface area contributed by atoms with E-state index in [1.807, 2.05) is 32.9 Å². The van der Waals surface area contributed by atoms with Crippen LogP contribution in [0.4, 0.5) is 4.79 Å². The summed E-state index contributed by atoms with van der Waals surface area (Å²) < 4.78 is 10.8. The fraction of sp³-hybridized carbons (Fsp3) is 0.471. The summed E-state index contributed by atoms with van der Waals surface area (Å²) in [4.78, 5) is 11.8. The molecule has 24 heavy (non-hydrogen) atoms. The highest BCUT2D eigenvalue weighted by molar-refractivity contribution is 7.98. The fourth-order valence-corrected chi connectivity index (χ4v) is 2.76. The predicted molar refractivity (Wildman–Crippen MR) is 92.8 cm³/mol. The highest BCUT2D eigenvalue weighted by atomic mass is 32.2. The van der Waals surface area contributed by atoms with Crippen molar-refractivity contribution in [2.24, 2.45) is 0 Å². The van der Waals surface area contributed by atoms with Gasteiger partial charge in [-0.15, -0.1) is 10.2 Å². The monoisotopic (exact) mass is 349 g/mol. The SMILES string of the molecule is Cc1ccccc1CSc1nnc([C@H](C)NC(=O)OC(C)(C)C)o1. The molecule has 0 saturated carbocycles. The Morgan fingerprint density at radius 2 is 2.04 bits per heavy atom. The Hall–Kier alpha value is -2.02. The summed E-state index contributed by atoms with van der Waals surface area (Å²) in [6.07, 6.45) is -0.512. The molecular weight excluding hydrogens is 326 g/mol. The van der Waals surface area contributed by atoms with Gasteiger partial charge in [0.25, 0.3) is 5.22 Å². The van der Waals surface area contributed by atoms with E-state index in [-0.39, 0.29) is 0 Å². The minimum atomic E-state index is -0.548. The van der Waals surface area contributed by atoms with Crippen LogP contribution in [-0.2, 0) is 10.5 Å².